The van der Waals surface area contributed by atoms with Crippen molar-refractivity contribution >= 4 is 0 Å². The molecule has 0 fully saturated rings. The zero-order chi connectivity index (χ0) is 10.0. The van der Waals surface area contributed by atoms with Crippen LogP contribution in [0.2, 0.25) is 0 Å². The lowest BCUT2D eigenvalue weighted by Gasteiger charge is -2.12. The third-order valence-corrected chi connectivity index (χ3v) is 1.68. The van der Waals surface area contributed by atoms with Gasteiger partial charge in [-0.15, -0.1) is 0 Å². The maximum absolute atomic E-state index is 12.1. The number of rotatable bonds is 2. The fraction of sp³-hybridized carbons (Fsp3) is 0.250. The normalized spacial score (nSPS) is 13.2. The van der Waals surface area contributed by atoms with E-state index >= 15 is 0 Å². The van der Waals surface area contributed by atoms with Crippen molar-refractivity contribution in [3.63, 3.8) is 0 Å². The number of halogens is 2. The number of alkyl halides is 2. The van der Waals surface area contributed by atoms with Crippen LogP contribution >= 0.6 is 0 Å². The van der Waals surface area contributed by atoms with Gasteiger partial charge in [0.05, 0.1) is 6.04 Å². The van der Waals surface area contributed by atoms with Gasteiger partial charge in [0.1, 0.15) is 0 Å². The van der Waals surface area contributed by atoms with Gasteiger partial charge in [-0.05, 0) is 6.07 Å². The fourth-order valence-corrected chi connectivity index (χ4v) is 0.953. The summed E-state index contributed by atoms with van der Waals surface area (Å²) in [5.74, 6) is -1.04. The summed E-state index contributed by atoms with van der Waals surface area (Å²) in [5, 5.41) is 18.1. The molecule has 4 N–H and O–H groups in total. The Morgan fingerprint density at radius 1 is 1.23 bits per heavy atom. The smallest absolute Gasteiger partial charge is 0.257 e. The number of hydrogen-bond donors (Lipinski definition) is 3. The zero-order valence-corrected chi connectivity index (χ0v) is 6.61. The van der Waals surface area contributed by atoms with Gasteiger partial charge in [-0.25, -0.2) is 8.78 Å². The number of phenolic OH excluding ortho intramolecular Hbond substituents is 2. The molecule has 0 saturated carbocycles. The molecule has 0 unspecified atom stereocenters. The number of aromatic hydroxyl groups is 2. The predicted octanol–water partition coefficient (Wildman–Crippen LogP) is 1.36. The summed E-state index contributed by atoms with van der Waals surface area (Å²) in [7, 11) is 0. The van der Waals surface area contributed by atoms with Crippen LogP contribution in [0.4, 0.5) is 8.78 Å². The van der Waals surface area contributed by atoms with Crippen molar-refractivity contribution in [1.29, 1.82) is 0 Å². The molecule has 13 heavy (non-hydrogen) atoms. The molecule has 0 aliphatic heterocycles. The maximum Gasteiger partial charge on any atom is 0.257 e. The predicted molar refractivity (Wildman–Crippen MR) is 42.7 cm³/mol. The summed E-state index contributed by atoms with van der Waals surface area (Å²) in [6.45, 7) is 0. The SMILES string of the molecule is N[C@@H](c1cccc(O)c1O)C(F)F. The highest BCUT2D eigenvalue weighted by atomic mass is 19.3. The Morgan fingerprint density at radius 2 is 1.85 bits per heavy atom. The fourth-order valence-electron chi connectivity index (χ4n) is 0.953. The molecule has 0 amide bonds. The number of phenols is 2. The van der Waals surface area contributed by atoms with Gasteiger partial charge in [-0.3, -0.25) is 0 Å². The molecule has 1 aromatic carbocycles. The van der Waals surface area contributed by atoms with E-state index in [1.807, 2.05) is 0 Å². The third kappa shape index (κ3) is 1.86. The summed E-state index contributed by atoms with van der Waals surface area (Å²) in [5.41, 5.74) is 4.93. The molecule has 1 atom stereocenters. The summed E-state index contributed by atoms with van der Waals surface area (Å²) < 4.78 is 24.2. The molecule has 0 bridgehead atoms. The summed E-state index contributed by atoms with van der Waals surface area (Å²) in [6, 6.07) is 2.20. The van der Waals surface area contributed by atoms with E-state index in [9.17, 15) is 8.78 Å². The minimum absolute atomic E-state index is 0.157. The molecule has 0 saturated heterocycles. The quantitative estimate of drug-likeness (QED) is 0.615. The molecule has 1 aromatic rings. The van der Waals surface area contributed by atoms with Crippen LogP contribution in [-0.4, -0.2) is 16.6 Å². The molecule has 0 aliphatic carbocycles. The average molecular weight is 189 g/mol. The topological polar surface area (TPSA) is 66.5 Å². The van der Waals surface area contributed by atoms with Gasteiger partial charge in [-0.2, -0.15) is 0 Å². The molecule has 5 heteroatoms. The van der Waals surface area contributed by atoms with Crippen molar-refractivity contribution in [3.05, 3.63) is 23.8 Å². The highest BCUT2D eigenvalue weighted by Gasteiger charge is 2.21. The van der Waals surface area contributed by atoms with Crippen molar-refractivity contribution in [2.45, 2.75) is 12.5 Å². The Balaban J connectivity index is 3.07. The Morgan fingerprint density at radius 3 is 2.38 bits per heavy atom. The van der Waals surface area contributed by atoms with Crippen molar-refractivity contribution in [1.82, 2.24) is 0 Å². The molecule has 3 nitrogen and oxygen atoms in total. The lowest BCUT2D eigenvalue weighted by atomic mass is 10.1. The van der Waals surface area contributed by atoms with Crippen LogP contribution < -0.4 is 5.73 Å². The van der Waals surface area contributed by atoms with Gasteiger partial charge in [-0.1, -0.05) is 12.1 Å². The van der Waals surface area contributed by atoms with Crippen LogP contribution in [0, 0.1) is 0 Å². The first-order valence-corrected chi connectivity index (χ1v) is 3.58. The van der Waals surface area contributed by atoms with Crippen LogP contribution in [0.25, 0.3) is 0 Å². The minimum atomic E-state index is -2.77. The minimum Gasteiger partial charge on any atom is -0.504 e. The molecular formula is C8H9F2NO2. The summed E-state index contributed by atoms with van der Waals surface area (Å²) in [4.78, 5) is 0. The number of para-hydroxylation sites is 1. The molecule has 1 rings (SSSR count). The van der Waals surface area contributed by atoms with E-state index in [0.717, 1.165) is 0 Å². The zero-order valence-electron chi connectivity index (χ0n) is 6.61. The highest BCUT2D eigenvalue weighted by Crippen LogP contribution is 2.33. The van der Waals surface area contributed by atoms with Gasteiger partial charge >= 0.3 is 0 Å². The second kappa shape index (κ2) is 3.57. The first-order valence-electron chi connectivity index (χ1n) is 3.58. The van der Waals surface area contributed by atoms with E-state index in [0.29, 0.717) is 0 Å². The van der Waals surface area contributed by atoms with Gasteiger partial charge in [0.25, 0.3) is 6.43 Å². The lowest BCUT2D eigenvalue weighted by Crippen LogP contribution is -2.18. The summed E-state index contributed by atoms with van der Waals surface area (Å²) >= 11 is 0. The molecule has 0 aromatic heterocycles. The van der Waals surface area contributed by atoms with Crippen molar-refractivity contribution in [2.24, 2.45) is 5.73 Å². The molecule has 0 heterocycles. The van der Waals surface area contributed by atoms with Gasteiger partial charge < -0.3 is 15.9 Å². The van der Waals surface area contributed by atoms with Crippen LogP contribution in [0.15, 0.2) is 18.2 Å². The molecule has 0 radical (unpaired) electrons. The molecular weight excluding hydrogens is 180 g/mol. The maximum atomic E-state index is 12.1. The van der Waals surface area contributed by atoms with Crippen molar-refractivity contribution in [3.8, 4) is 11.5 Å². The van der Waals surface area contributed by atoms with E-state index < -0.39 is 24.0 Å². The van der Waals surface area contributed by atoms with Crippen molar-refractivity contribution in [2.75, 3.05) is 0 Å². The molecule has 72 valence electrons. The van der Waals surface area contributed by atoms with Gasteiger partial charge in [0.15, 0.2) is 11.5 Å². The van der Waals surface area contributed by atoms with Crippen LogP contribution in [0.3, 0.4) is 0 Å². The number of benzene rings is 1. The van der Waals surface area contributed by atoms with Gasteiger partial charge in [0, 0.05) is 5.56 Å². The Bertz CT molecular complexity index is 304. The molecule has 0 spiro atoms. The Labute approximate surface area is 73.4 Å². The monoisotopic (exact) mass is 189 g/mol. The Hall–Kier alpha value is -1.36. The number of hydrogen-bond acceptors (Lipinski definition) is 3. The van der Waals surface area contributed by atoms with Crippen molar-refractivity contribution < 1.29 is 19.0 Å². The lowest BCUT2D eigenvalue weighted by molar-refractivity contribution is 0.115. The molecule has 0 aliphatic rings. The van der Waals surface area contributed by atoms with E-state index in [1.54, 1.807) is 0 Å². The second-order valence-electron chi connectivity index (χ2n) is 2.58. The van der Waals surface area contributed by atoms with E-state index in [2.05, 4.69) is 0 Å². The van der Waals surface area contributed by atoms with Gasteiger partial charge in [0.2, 0.25) is 0 Å². The third-order valence-electron chi connectivity index (χ3n) is 1.68. The number of nitrogens with two attached hydrogens (primary N) is 1. The first kappa shape index (κ1) is 9.73. The van der Waals surface area contributed by atoms with E-state index in [4.69, 9.17) is 15.9 Å². The van der Waals surface area contributed by atoms with Crippen LogP contribution in [-0.2, 0) is 0 Å². The first-order chi connectivity index (χ1) is 6.04. The standard InChI is InChI=1S/C8H9F2NO2/c9-8(10)6(11)4-2-1-3-5(12)7(4)13/h1-3,6,8,12-13H,11H2/t6-/m0/s1. The summed E-state index contributed by atoms with van der Waals surface area (Å²) in [6.07, 6.45) is -2.77. The van der Waals surface area contributed by atoms with E-state index in [1.165, 1.54) is 18.2 Å². The average Bonchev–Trinajstić information content (AvgIpc) is 2.08. The highest BCUT2D eigenvalue weighted by molar-refractivity contribution is 5.45. The van der Waals surface area contributed by atoms with E-state index in [-0.39, 0.29) is 5.56 Å². The largest absolute Gasteiger partial charge is 0.504 e. The van der Waals surface area contributed by atoms with Crippen LogP contribution in [0.5, 0.6) is 11.5 Å². The second-order valence-corrected chi connectivity index (χ2v) is 2.58. The Kier molecular flexibility index (Phi) is 2.67. The van der Waals surface area contributed by atoms with Crippen LogP contribution in [0.1, 0.15) is 11.6 Å².